The van der Waals surface area contributed by atoms with Gasteiger partial charge in [-0.25, -0.2) is 9.59 Å². The largest absolute Gasteiger partial charge is 0.467 e. The van der Waals surface area contributed by atoms with E-state index in [0.717, 1.165) is 0 Å². The number of azide groups is 1. The Balaban J connectivity index is 2.82. The smallest absolute Gasteiger partial charge is 0.410 e. The monoisotopic (exact) mass is 242 g/mol. The van der Waals surface area contributed by atoms with Crippen molar-refractivity contribution < 1.29 is 19.1 Å². The van der Waals surface area contributed by atoms with Crippen LogP contribution in [0, 0.1) is 0 Å². The fourth-order valence-electron chi connectivity index (χ4n) is 1.82. The maximum absolute atomic E-state index is 11.5. The molecule has 8 heteroatoms. The minimum atomic E-state index is -0.669. The second-order valence-electron chi connectivity index (χ2n) is 3.60. The highest BCUT2D eigenvalue weighted by atomic mass is 16.5. The second-order valence-corrected chi connectivity index (χ2v) is 3.60. The number of esters is 1. The summed E-state index contributed by atoms with van der Waals surface area (Å²) in [4.78, 5) is 26.9. The molecule has 0 aromatic rings. The third-order valence-electron chi connectivity index (χ3n) is 2.65. The van der Waals surface area contributed by atoms with E-state index in [1.807, 2.05) is 0 Å². The van der Waals surface area contributed by atoms with Gasteiger partial charge >= 0.3 is 12.1 Å². The van der Waals surface area contributed by atoms with Crippen LogP contribution in [0.1, 0.15) is 12.8 Å². The molecule has 0 spiro atoms. The fraction of sp³-hybridized carbons (Fsp3) is 0.778. The van der Waals surface area contributed by atoms with Gasteiger partial charge in [0.05, 0.1) is 20.3 Å². The molecule has 0 aromatic carbocycles. The van der Waals surface area contributed by atoms with Gasteiger partial charge in [-0.3, -0.25) is 4.90 Å². The van der Waals surface area contributed by atoms with Gasteiger partial charge in [0.1, 0.15) is 6.04 Å². The molecule has 1 heterocycles. The molecule has 0 unspecified atom stereocenters. The topological polar surface area (TPSA) is 105 Å². The Hall–Kier alpha value is -1.95. The lowest BCUT2D eigenvalue weighted by Gasteiger charge is -2.35. The zero-order valence-electron chi connectivity index (χ0n) is 9.70. The van der Waals surface area contributed by atoms with Crippen molar-refractivity contribution in [3.8, 4) is 0 Å². The molecule has 1 saturated heterocycles. The van der Waals surface area contributed by atoms with Gasteiger partial charge in [-0.15, -0.1) is 0 Å². The molecule has 8 nitrogen and oxygen atoms in total. The molecule has 0 saturated carbocycles. The first kappa shape index (κ1) is 13.1. The molecular formula is C9H14N4O4. The first-order valence-electron chi connectivity index (χ1n) is 5.10. The molecule has 94 valence electrons. The molecule has 0 aliphatic carbocycles. The standard InChI is InChI=1S/C9H14N4O4/c1-16-8(14)7-4-3-6(11-12-10)5-13(7)9(15)17-2/h6-7H,3-5H2,1-2H3/t6-,7-/m0/s1. The van der Waals surface area contributed by atoms with Crippen molar-refractivity contribution in [2.75, 3.05) is 20.8 Å². The first-order valence-corrected chi connectivity index (χ1v) is 5.10. The minimum Gasteiger partial charge on any atom is -0.467 e. The maximum Gasteiger partial charge on any atom is 0.410 e. The molecule has 2 atom stereocenters. The molecule has 0 aromatic heterocycles. The normalized spacial score (nSPS) is 23.5. The van der Waals surface area contributed by atoms with Gasteiger partial charge in [0, 0.05) is 11.5 Å². The van der Waals surface area contributed by atoms with Crippen LogP contribution in [0.5, 0.6) is 0 Å². The quantitative estimate of drug-likeness (QED) is 0.312. The van der Waals surface area contributed by atoms with E-state index in [9.17, 15) is 9.59 Å². The summed E-state index contributed by atoms with van der Waals surface area (Å²) in [6.45, 7) is 0.163. The Bertz CT molecular complexity index is 353. The Labute approximate surface area is 98.1 Å². The average molecular weight is 242 g/mol. The lowest BCUT2D eigenvalue weighted by molar-refractivity contribution is -0.147. The van der Waals surface area contributed by atoms with Crippen LogP contribution >= 0.6 is 0 Å². The summed E-state index contributed by atoms with van der Waals surface area (Å²) in [5.41, 5.74) is 8.35. The van der Waals surface area contributed by atoms with Gasteiger partial charge in [-0.1, -0.05) is 5.11 Å². The number of ether oxygens (including phenoxy) is 2. The van der Waals surface area contributed by atoms with Crippen LogP contribution in [0.3, 0.4) is 0 Å². The van der Waals surface area contributed by atoms with E-state index < -0.39 is 18.1 Å². The number of methoxy groups -OCH3 is 2. The Kier molecular flexibility index (Phi) is 4.59. The van der Waals surface area contributed by atoms with E-state index >= 15 is 0 Å². The minimum absolute atomic E-state index is 0.163. The van der Waals surface area contributed by atoms with E-state index in [0.29, 0.717) is 12.8 Å². The van der Waals surface area contributed by atoms with Crippen molar-refractivity contribution in [1.29, 1.82) is 0 Å². The Morgan fingerprint density at radius 3 is 2.59 bits per heavy atom. The number of nitrogens with zero attached hydrogens (tertiary/aromatic N) is 4. The van der Waals surface area contributed by atoms with Crippen LogP contribution in [-0.2, 0) is 14.3 Å². The number of piperidine rings is 1. The highest BCUT2D eigenvalue weighted by Crippen LogP contribution is 2.21. The zero-order valence-corrected chi connectivity index (χ0v) is 9.70. The highest BCUT2D eigenvalue weighted by Gasteiger charge is 2.36. The number of hydrogen-bond donors (Lipinski definition) is 0. The van der Waals surface area contributed by atoms with Gasteiger partial charge in [0.2, 0.25) is 0 Å². The molecule has 0 bridgehead atoms. The third kappa shape index (κ3) is 3.01. The molecule has 1 aliphatic heterocycles. The molecule has 0 radical (unpaired) electrons. The van der Waals surface area contributed by atoms with Crippen molar-refractivity contribution in [2.45, 2.75) is 24.9 Å². The number of rotatable bonds is 2. The van der Waals surface area contributed by atoms with Crippen LogP contribution in [0.2, 0.25) is 0 Å². The number of carbonyl (C=O) groups excluding carboxylic acids is 2. The number of hydrogen-bond acceptors (Lipinski definition) is 5. The van der Waals surface area contributed by atoms with Crippen molar-refractivity contribution >= 4 is 12.1 Å². The summed E-state index contributed by atoms with van der Waals surface area (Å²) >= 11 is 0. The van der Waals surface area contributed by atoms with Gasteiger partial charge in [-0.05, 0) is 18.4 Å². The summed E-state index contributed by atoms with van der Waals surface area (Å²) in [7, 11) is 2.49. The summed E-state index contributed by atoms with van der Waals surface area (Å²) in [5, 5.41) is 3.55. The lowest BCUT2D eigenvalue weighted by Crippen LogP contribution is -2.52. The van der Waals surface area contributed by atoms with Gasteiger partial charge in [-0.2, -0.15) is 0 Å². The van der Waals surface area contributed by atoms with Gasteiger partial charge in [0.25, 0.3) is 0 Å². The summed E-state index contributed by atoms with van der Waals surface area (Å²) in [6.07, 6.45) is 0.307. The Morgan fingerprint density at radius 1 is 1.35 bits per heavy atom. The number of carbonyl (C=O) groups is 2. The Morgan fingerprint density at radius 2 is 2.06 bits per heavy atom. The van der Waals surface area contributed by atoms with Crippen LogP contribution in [0.4, 0.5) is 4.79 Å². The van der Waals surface area contributed by atoms with E-state index in [1.165, 1.54) is 19.1 Å². The van der Waals surface area contributed by atoms with Crippen molar-refractivity contribution in [2.24, 2.45) is 5.11 Å². The summed E-state index contributed by atoms with van der Waals surface area (Å²) in [5.74, 6) is -0.491. The van der Waals surface area contributed by atoms with Crippen molar-refractivity contribution in [3.63, 3.8) is 0 Å². The molecule has 1 aliphatic rings. The van der Waals surface area contributed by atoms with E-state index in [2.05, 4.69) is 19.5 Å². The van der Waals surface area contributed by atoms with E-state index in [4.69, 9.17) is 5.53 Å². The predicted molar refractivity (Wildman–Crippen MR) is 57.1 cm³/mol. The van der Waals surface area contributed by atoms with Gasteiger partial charge in [0.15, 0.2) is 0 Å². The number of likely N-dealkylation sites (tertiary alicyclic amines) is 1. The van der Waals surface area contributed by atoms with Gasteiger partial charge < -0.3 is 9.47 Å². The maximum atomic E-state index is 11.5. The van der Waals surface area contributed by atoms with E-state index in [1.54, 1.807) is 0 Å². The second kappa shape index (κ2) is 5.95. The molecule has 17 heavy (non-hydrogen) atoms. The van der Waals surface area contributed by atoms with E-state index in [-0.39, 0.29) is 12.6 Å². The van der Waals surface area contributed by atoms with Crippen molar-refractivity contribution in [3.05, 3.63) is 10.4 Å². The lowest BCUT2D eigenvalue weighted by atomic mass is 9.99. The predicted octanol–water partition coefficient (Wildman–Crippen LogP) is 1.07. The molecule has 1 rings (SSSR count). The van der Waals surface area contributed by atoms with Crippen LogP contribution in [-0.4, -0.2) is 49.8 Å². The summed E-state index contributed by atoms with van der Waals surface area (Å²) < 4.78 is 9.20. The van der Waals surface area contributed by atoms with Crippen molar-refractivity contribution in [1.82, 2.24) is 4.90 Å². The van der Waals surface area contributed by atoms with Crippen LogP contribution in [0.15, 0.2) is 5.11 Å². The highest BCUT2D eigenvalue weighted by molar-refractivity contribution is 5.81. The average Bonchev–Trinajstić information content (AvgIpc) is 2.37. The fourth-order valence-corrected chi connectivity index (χ4v) is 1.82. The number of amides is 1. The molecule has 1 fully saturated rings. The SMILES string of the molecule is COC(=O)[C@@H]1CC[C@H](N=[N+]=[N-])CN1C(=O)OC. The van der Waals surface area contributed by atoms with Crippen LogP contribution < -0.4 is 0 Å². The third-order valence-corrected chi connectivity index (χ3v) is 2.65. The van der Waals surface area contributed by atoms with Crippen LogP contribution in [0.25, 0.3) is 10.4 Å². The zero-order chi connectivity index (χ0) is 12.8. The first-order chi connectivity index (χ1) is 8.13. The molecule has 0 N–H and O–H groups in total. The molecule has 1 amide bonds. The summed E-state index contributed by atoms with van der Waals surface area (Å²) in [6, 6.07) is -1.00. The molecular weight excluding hydrogens is 228 g/mol.